The van der Waals surface area contributed by atoms with E-state index >= 15 is 0 Å². The highest BCUT2D eigenvalue weighted by molar-refractivity contribution is 7.07. The molecule has 0 amide bonds. The molecule has 3 atom stereocenters. The van der Waals surface area contributed by atoms with Gasteiger partial charge in [0.25, 0.3) is 5.56 Å². The summed E-state index contributed by atoms with van der Waals surface area (Å²) in [5.74, 6) is 0.0153. The lowest BCUT2D eigenvalue weighted by Gasteiger charge is -2.45. The largest absolute Gasteiger partial charge is 0.465 e. The minimum atomic E-state index is -1.07. The van der Waals surface area contributed by atoms with Crippen LogP contribution in [0.15, 0.2) is 64.4 Å². The summed E-state index contributed by atoms with van der Waals surface area (Å²) in [5, 5.41) is 4.71. The molecule has 176 valence electrons. The monoisotopic (exact) mass is 484 g/mol. The van der Waals surface area contributed by atoms with Gasteiger partial charge < -0.3 is 4.74 Å². The Morgan fingerprint density at radius 3 is 2.57 bits per heavy atom. The standard InChI is InChI=1S/C27H24N4O3S/c1-15-20(16(2)31(29-15)18-10-6-5-7-11-18)14-22-25(33)30-24-19-12-8-9-13-21(19)34-27(4,23(24)17(3)32)28-26(30)35-22/h5-14,23-24H,1-4H3/b22-14+/t23-,24+,27+/m0/s1. The zero-order valence-corrected chi connectivity index (χ0v) is 20.7. The molecule has 4 aromatic rings. The molecule has 0 unspecified atom stereocenters. The van der Waals surface area contributed by atoms with Gasteiger partial charge in [-0.3, -0.25) is 14.2 Å². The van der Waals surface area contributed by atoms with Crippen molar-refractivity contribution in [1.82, 2.24) is 14.3 Å². The Hall–Kier alpha value is -3.78. The number of ketones is 1. The molecule has 0 N–H and O–H groups in total. The average Bonchev–Trinajstić information content (AvgIpc) is 3.28. The first-order valence-electron chi connectivity index (χ1n) is 11.5. The summed E-state index contributed by atoms with van der Waals surface area (Å²) in [7, 11) is 0. The van der Waals surface area contributed by atoms with E-state index < -0.39 is 17.7 Å². The van der Waals surface area contributed by atoms with Crippen LogP contribution in [0.4, 0.5) is 0 Å². The van der Waals surface area contributed by atoms with E-state index in [0.29, 0.717) is 15.1 Å². The first-order valence-corrected chi connectivity index (χ1v) is 12.3. The Kier molecular flexibility index (Phi) is 4.73. The zero-order valence-electron chi connectivity index (χ0n) is 19.9. The van der Waals surface area contributed by atoms with Crippen molar-refractivity contribution in [3.63, 3.8) is 0 Å². The number of Topliss-reactive ketones (excluding diaryl/α,β-unsaturated/α-hetero) is 1. The SMILES string of the molecule is CC(=O)[C@H]1[C@H]2c3ccccc3O[C@@]1(C)N=c1s/c(=C/c3c(C)nn(-c4ccccc4)c3C)c(=O)n12. The molecule has 2 aromatic carbocycles. The molecular formula is C27H24N4O3S. The van der Waals surface area contributed by atoms with E-state index in [2.05, 4.69) is 0 Å². The number of aromatic nitrogens is 3. The van der Waals surface area contributed by atoms with Crippen LogP contribution in [0.3, 0.4) is 0 Å². The number of para-hydroxylation sites is 2. The van der Waals surface area contributed by atoms with Crippen LogP contribution in [0.1, 0.15) is 42.4 Å². The number of aryl methyl sites for hydroxylation is 1. The van der Waals surface area contributed by atoms with Crippen LogP contribution in [0, 0.1) is 19.8 Å². The van der Waals surface area contributed by atoms with E-state index in [1.165, 1.54) is 11.3 Å². The Bertz CT molecular complexity index is 1680. The second kappa shape index (κ2) is 7.61. The number of benzene rings is 2. The molecule has 0 spiro atoms. The number of nitrogens with zero attached hydrogens (tertiary/aromatic N) is 4. The topological polar surface area (TPSA) is 78.5 Å². The Labute approximate surface area is 205 Å². The summed E-state index contributed by atoms with van der Waals surface area (Å²) in [4.78, 5) is 32.0. The zero-order chi connectivity index (χ0) is 24.5. The molecule has 0 radical (unpaired) electrons. The number of ether oxygens (including phenoxy) is 1. The van der Waals surface area contributed by atoms with Crippen molar-refractivity contribution in [2.24, 2.45) is 10.9 Å². The number of fused-ring (bicyclic) bond motifs is 6. The fraction of sp³-hybridized carbons (Fsp3) is 0.259. The lowest BCUT2D eigenvalue weighted by Crippen LogP contribution is -2.58. The third kappa shape index (κ3) is 3.16. The summed E-state index contributed by atoms with van der Waals surface area (Å²) >= 11 is 1.32. The minimum absolute atomic E-state index is 0.0548. The molecule has 0 aliphatic carbocycles. The number of carbonyl (C=O) groups excluding carboxylic acids is 1. The smallest absolute Gasteiger partial charge is 0.270 e. The van der Waals surface area contributed by atoms with Gasteiger partial charge in [0.2, 0.25) is 5.72 Å². The van der Waals surface area contributed by atoms with Crippen LogP contribution in [0.25, 0.3) is 11.8 Å². The van der Waals surface area contributed by atoms with Crippen molar-refractivity contribution in [2.75, 3.05) is 0 Å². The van der Waals surface area contributed by atoms with Crippen LogP contribution < -0.4 is 19.6 Å². The van der Waals surface area contributed by atoms with Gasteiger partial charge in [-0.15, -0.1) is 0 Å². The molecule has 35 heavy (non-hydrogen) atoms. The fourth-order valence-corrected chi connectivity index (χ4v) is 6.45. The predicted molar refractivity (Wildman–Crippen MR) is 134 cm³/mol. The molecule has 2 bridgehead atoms. The van der Waals surface area contributed by atoms with Crippen LogP contribution in [-0.4, -0.2) is 25.9 Å². The van der Waals surface area contributed by atoms with Gasteiger partial charge >= 0.3 is 0 Å². The maximum absolute atomic E-state index is 13.8. The van der Waals surface area contributed by atoms with Gasteiger partial charge in [-0.1, -0.05) is 47.7 Å². The molecule has 2 aliphatic heterocycles. The lowest BCUT2D eigenvalue weighted by molar-refractivity contribution is -0.132. The summed E-state index contributed by atoms with van der Waals surface area (Å²) in [6.07, 6.45) is 1.90. The predicted octanol–water partition coefficient (Wildman–Crippen LogP) is 3.08. The summed E-state index contributed by atoms with van der Waals surface area (Å²) < 4.78 is 10.4. The van der Waals surface area contributed by atoms with Gasteiger partial charge in [-0.2, -0.15) is 5.10 Å². The minimum Gasteiger partial charge on any atom is -0.465 e. The summed E-state index contributed by atoms with van der Waals surface area (Å²) in [6.45, 7) is 7.32. The highest BCUT2D eigenvalue weighted by Crippen LogP contribution is 2.47. The quantitative estimate of drug-likeness (QED) is 0.448. The average molecular weight is 485 g/mol. The molecule has 2 aliphatic rings. The maximum Gasteiger partial charge on any atom is 0.270 e. The van der Waals surface area contributed by atoms with E-state index in [1.54, 1.807) is 11.5 Å². The molecule has 6 rings (SSSR count). The molecule has 0 saturated carbocycles. The van der Waals surface area contributed by atoms with Crippen molar-refractivity contribution in [1.29, 1.82) is 0 Å². The Balaban J connectivity index is 1.58. The van der Waals surface area contributed by atoms with Gasteiger partial charge in [0.1, 0.15) is 17.5 Å². The first kappa shape index (κ1) is 21.7. The fourth-order valence-electron chi connectivity index (χ4n) is 5.37. The van der Waals surface area contributed by atoms with Crippen molar-refractivity contribution in [2.45, 2.75) is 39.5 Å². The highest BCUT2D eigenvalue weighted by atomic mass is 32.1. The van der Waals surface area contributed by atoms with Crippen LogP contribution >= 0.6 is 11.3 Å². The number of hydrogen-bond donors (Lipinski definition) is 0. The number of thiazole rings is 1. The van der Waals surface area contributed by atoms with E-state index in [-0.39, 0.29) is 11.3 Å². The molecule has 8 heteroatoms. The van der Waals surface area contributed by atoms with Gasteiger partial charge in [0, 0.05) is 16.8 Å². The maximum atomic E-state index is 13.8. The third-order valence-corrected chi connectivity index (χ3v) is 7.92. The van der Waals surface area contributed by atoms with E-state index in [0.717, 1.165) is 28.2 Å². The van der Waals surface area contributed by atoms with Gasteiger partial charge in [0.05, 0.1) is 22.0 Å². The summed E-state index contributed by atoms with van der Waals surface area (Å²) in [6, 6.07) is 17.0. The van der Waals surface area contributed by atoms with E-state index in [4.69, 9.17) is 14.8 Å². The van der Waals surface area contributed by atoms with Crippen LogP contribution in [-0.2, 0) is 4.79 Å². The van der Waals surface area contributed by atoms with Crippen LogP contribution in [0.5, 0.6) is 5.75 Å². The van der Waals surface area contributed by atoms with E-state index in [1.807, 2.05) is 86.1 Å². The van der Waals surface area contributed by atoms with Crippen molar-refractivity contribution in [3.8, 4) is 11.4 Å². The summed E-state index contributed by atoms with van der Waals surface area (Å²) in [5.41, 5.74) is 3.25. The van der Waals surface area contributed by atoms with Gasteiger partial charge in [-0.25, -0.2) is 9.67 Å². The highest BCUT2D eigenvalue weighted by Gasteiger charge is 2.53. The van der Waals surface area contributed by atoms with Gasteiger partial charge in [-0.05, 0) is 52.0 Å². The second-order valence-corrected chi connectivity index (χ2v) is 10.2. The molecule has 0 fully saturated rings. The number of rotatable bonds is 3. The third-order valence-electron chi connectivity index (χ3n) is 6.94. The second-order valence-electron chi connectivity index (χ2n) is 9.24. The van der Waals surface area contributed by atoms with Gasteiger partial charge in [0.15, 0.2) is 4.80 Å². The van der Waals surface area contributed by atoms with Crippen LogP contribution in [0.2, 0.25) is 0 Å². The molecule has 4 heterocycles. The van der Waals surface area contributed by atoms with Crippen molar-refractivity contribution >= 4 is 23.2 Å². The van der Waals surface area contributed by atoms with Crippen molar-refractivity contribution < 1.29 is 9.53 Å². The van der Waals surface area contributed by atoms with E-state index in [9.17, 15) is 9.59 Å². The van der Waals surface area contributed by atoms with Crippen molar-refractivity contribution in [3.05, 3.63) is 96.8 Å². The first-order chi connectivity index (χ1) is 16.8. The molecular weight excluding hydrogens is 460 g/mol. The lowest BCUT2D eigenvalue weighted by atomic mass is 9.79. The number of carbonyl (C=O) groups is 1. The Morgan fingerprint density at radius 1 is 1.11 bits per heavy atom. The molecule has 0 saturated heterocycles. The molecule has 2 aromatic heterocycles. The Morgan fingerprint density at radius 2 is 1.83 bits per heavy atom. The molecule has 7 nitrogen and oxygen atoms in total. The normalized spacial score (nSPS) is 22.7. The number of hydrogen-bond acceptors (Lipinski definition) is 6.